The lowest BCUT2D eigenvalue weighted by molar-refractivity contribution is 0.0950. The maximum absolute atomic E-state index is 12.0. The largest absolute Gasteiger partial charge is 0.459 e. The van der Waals surface area contributed by atoms with E-state index in [1.807, 2.05) is 18.2 Å². The number of carbonyl (C=O) groups excluding carboxylic acids is 1. The molecule has 0 saturated carbocycles. The van der Waals surface area contributed by atoms with Gasteiger partial charge in [0, 0.05) is 34.0 Å². The molecule has 130 valence electrons. The molecule has 0 aliphatic carbocycles. The van der Waals surface area contributed by atoms with Gasteiger partial charge in [0.15, 0.2) is 10.9 Å². The van der Waals surface area contributed by atoms with Crippen LogP contribution in [0, 0.1) is 0 Å². The Morgan fingerprint density at radius 2 is 1.88 bits per heavy atom. The van der Waals surface area contributed by atoms with Crippen LogP contribution in [0.5, 0.6) is 0 Å². The first kappa shape index (κ1) is 16.4. The van der Waals surface area contributed by atoms with Crippen molar-refractivity contribution in [3.8, 4) is 0 Å². The normalized spacial score (nSPS) is 11.0. The monoisotopic (exact) mass is 363 g/mol. The third-order valence-electron chi connectivity index (χ3n) is 4.32. The standard InChI is InChI=1S/C20H17N3O2S/c1-2-23-16-7-4-3-6-14(16)15-12-13(9-10-17(15)23)21-20(26)22-19(24)18-8-5-11-25-18/h3-12H,2H2,1H3,(H2,21,22,24,26). The molecule has 0 saturated heterocycles. The Hall–Kier alpha value is -3.12. The zero-order valence-electron chi connectivity index (χ0n) is 14.2. The van der Waals surface area contributed by atoms with Gasteiger partial charge in [-0.2, -0.15) is 0 Å². The van der Waals surface area contributed by atoms with Gasteiger partial charge in [-0.15, -0.1) is 0 Å². The number of benzene rings is 2. The molecular formula is C20H17N3O2S. The predicted octanol–water partition coefficient (Wildman–Crippen LogP) is 4.53. The van der Waals surface area contributed by atoms with Crippen LogP contribution >= 0.6 is 12.2 Å². The highest BCUT2D eigenvalue weighted by atomic mass is 32.1. The number of amides is 1. The molecule has 0 unspecified atom stereocenters. The molecule has 6 heteroatoms. The fourth-order valence-corrected chi connectivity index (χ4v) is 3.42. The summed E-state index contributed by atoms with van der Waals surface area (Å²) in [5.74, 6) is -0.160. The molecule has 0 spiro atoms. The number of anilines is 1. The number of nitrogens with one attached hydrogen (secondary N) is 2. The highest BCUT2D eigenvalue weighted by Crippen LogP contribution is 2.30. The minimum absolute atomic E-state index is 0.218. The summed E-state index contributed by atoms with van der Waals surface area (Å²) >= 11 is 5.24. The summed E-state index contributed by atoms with van der Waals surface area (Å²) in [5.41, 5.74) is 3.20. The van der Waals surface area contributed by atoms with Gasteiger partial charge in [-0.05, 0) is 55.5 Å². The number of carbonyl (C=O) groups is 1. The van der Waals surface area contributed by atoms with E-state index >= 15 is 0 Å². The number of para-hydroxylation sites is 1. The maximum Gasteiger partial charge on any atom is 0.293 e. The second-order valence-electron chi connectivity index (χ2n) is 5.88. The summed E-state index contributed by atoms with van der Waals surface area (Å²) in [4.78, 5) is 12.0. The first-order chi connectivity index (χ1) is 12.7. The van der Waals surface area contributed by atoms with Crippen molar-refractivity contribution in [2.45, 2.75) is 13.5 Å². The minimum atomic E-state index is -0.379. The highest BCUT2D eigenvalue weighted by molar-refractivity contribution is 7.80. The molecule has 0 aliphatic heterocycles. The number of nitrogens with zero attached hydrogens (tertiary/aromatic N) is 1. The molecular weight excluding hydrogens is 346 g/mol. The predicted molar refractivity (Wildman–Crippen MR) is 108 cm³/mol. The Balaban J connectivity index is 1.62. The van der Waals surface area contributed by atoms with E-state index in [1.54, 1.807) is 12.1 Å². The average Bonchev–Trinajstić information content (AvgIpc) is 3.28. The van der Waals surface area contributed by atoms with Crippen LogP contribution in [-0.2, 0) is 6.54 Å². The van der Waals surface area contributed by atoms with Gasteiger partial charge in [-0.3, -0.25) is 10.1 Å². The number of rotatable bonds is 3. The third kappa shape index (κ3) is 2.84. The molecule has 1 amide bonds. The molecule has 2 N–H and O–H groups in total. The van der Waals surface area contributed by atoms with Gasteiger partial charge in [0.05, 0.1) is 6.26 Å². The molecule has 5 nitrogen and oxygen atoms in total. The highest BCUT2D eigenvalue weighted by Gasteiger charge is 2.12. The van der Waals surface area contributed by atoms with Crippen LogP contribution in [0.3, 0.4) is 0 Å². The van der Waals surface area contributed by atoms with Gasteiger partial charge in [-0.25, -0.2) is 0 Å². The zero-order chi connectivity index (χ0) is 18.1. The Kier molecular flexibility index (Phi) is 4.18. The summed E-state index contributed by atoms with van der Waals surface area (Å²) in [6.45, 7) is 3.03. The summed E-state index contributed by atoms with van der Waals surface area (Å²) in [5, 5.41) is 8.25. The smallest absolute Gasteiger partial charge is 0.293 e. The molecule has 2 aromatic heterocycles. The fourth-order valence-electron chi connectivity index (χ4n) is 3.21. The van der Waals surface area contributed by atoms with Crippen molar-refractivity contribution in [1.82, 2.24) is 9.88 Å². The fraction of sp³-hybridized carbons (Fsp3) is 0.100. The number of thiocarbonyl (C=S) groups is 1. The van der Waals surface area contributed by atoms with Crippen LogP contribution in [0.4, 0.5) is 5.69 Å². The van der Waals surface area contributed by atoms with Crippen molar-refractivity contribution in [3.05, 3.63) is 66.6 Å². The number of fused-ring (bicyclic) bond motifs is 3. The van der Waals surface area contributed by atoms with Gasteiger partial charge < -0.3 is 14.3 Å². The zero-order valence-corrected chi connectivity index (χ0v) is 15.0. The lowest BCUT2D eigenvalue weighted by Gasteiger charge is -2.09. The van der Waals surface area contributed by atoms with E-state index in [0.717, 1.165) is 17.6 Å². The van der Waals surface area contributed by atoms with Gasteiger partial charge in [-0.1, -0.05) is 18.2 Å². The van der Waals surface area contributed by atoms with Crippen molar-refractivity contribution in [2.24, 2.45) is 0 Å². The van der Waals surface area contributed by atoms with Gasteiger partial charge in [0.2, 0.25) is 0 Å². The quantitative estimate of drug-likeness (QED) is 0.525. The third-order valence-corrected chi connectivity index (χ3v) is 4.52. The molecule has 2 aromatic carbocycles. The van der Waals surface area contributed by atoms with Gasteiger partial charge >= 0.3 is 0 Å². The van der Waals surface area contributed by atoms with E-state index in [9.17, 15) is 4.79 Å². The van der Waals surface area contributed by atoms with Gasteiger partial charge in [0.25, 0.3) is 5.91 Å². The Labute approximate surface area is 155 Å². The van der Waals surface area contributed by atoms with E-state index in [4.69, 9.17) is 16.6 Å². The van der Waals surface area contributed by atoms with Crippen LogP contribution in [0.1, 0.15) is 17.5 Å². The first-order valence-corrected chi connectivity index (χ1v) is 8.75. The minimum Gasteiger partial charge on any atom is -0.459 e. The Morgan fingerprint density at radius 3 is 2.65 bits per heavy atom. The van der Waals surface area contributed by atoms with Crippen LogP contribution in [0.2, 0.25) is 0 Å². The molecule has 0 aliphatic rings. The second kappa shape index (κ2) is 6.65. The molecule has 4 aromatic rings. The van der Waals surface area contributed by atoms with Crippen LogP contribution in [-0.4, -0.2) is 15.6 Å². The van der Waals surface area contributed by atoms with E-state index < -0.39 is 0 Å². The van der Waals surface area contributed by atoms with Crippen molar-refractivity contribution in [1.29, 1.82) is 0 Å². The number of hydrogen-bond acceptors (Lipinski definition) is 3. The Morgan fingerprint density at radius 1 is 1.08 bits per heavy atom. The first-order valence-electron chi connectivity index (χ1n) is 8.34. The SMILES string of the molecule is CCn1c2ccccc2c2cc(NC(=S)NC(=O)c3ccco3)ccc21. The van der Waals surface area contributed by atoms with E-state index in [0.29, 0.717) is 0 Å². The lowest BCUT2D eigenvalue weighted by atomic mass is 10.1. The van der Waals surface area contributed by atoms with Gasteiger partial charge in [0.1, 0.15) is 0 Å². The summed E-state index contributed by atoms with van der Waals surface area (Å²) in [6.07, 6.45) is 1.45. The summed E-state index contributed by atoms with van der Waals surface area (Å²) in [6, 6.07) is 17.6. The van der Waals surface area contributed by atoms with Crippen molar-refractivity contribution in [2.75, 3.05) is 5.32 Å². The van der Waals surface area contributed by atoms with E-state index in [2.05, 4.69) is 46.4 Å². The summed E-state index contributed by atoms with van der Waals surface area (Å²) in [7, 11) is 0. The van der Waals surface area contributed by atoms with Crippen molar-refractivity contribution >= 4 is 50.7 Å². The topological polar surface area (TPSA) is 59.2 Å². The molecule has 26 heavy (non-hydrogen) atoms. The number of hydrogen-bond donors (Lipinski definition) is 2. The molecule has 0 fully saturated rings. The molecule has 0 radical (unpaired) electrons. The number of aromatic nitrogens is 1. The lowest BCUT2D eigenvalue weighted by Crippen LogP contribution is -2.33. The Bertz CT molecular complexity index is 1110. The molecule has 0 bridgehead atoms. The molecule has 4 rings (SSSR count). The van der Waals surface area contributed by atoms with Crippen LogP contribution in [0.25, 0.3) is 21.8 Å². The second-order valence-corrected chi connectivity index (χ2v) is 6.29. The number of aryl methyl sites for hydroxylation is 1. The molecule has 0 atom stereocenters. The average molecular weight is 363 g/mol. The van der Waals surface area contributed by atoms with Crippen molar-refractivity contribution < 1.29 is 9.21 Å². The van der Waals surface area contributed by atoms with Crippen LogP contribution < -0.4 is 10.6 Å². The summed E-state index contributed by atoms with van der Waals surface area (Å²) < 4.78 is 7.35. The molecule has 2 heterocycles. The van der Waals surface area contributed by atoms with Crippen molar-refractivity contribution in [3.63, 3.8) is 0 Å². The van der Waals surface area contributed by atoms with E-state index in [-0.39, 0.29) is 16.8 Å². The van der Waals surface area contributed by atoms with E-state index in [1.165, 1.54) is 22.7 Å². The van der Waals surface area contributed by atoms with Crippen LogP contribution in [0.15, 0.2) is 65.3 Å². The maximum atomic E-state index is 12.0. The number of furan rings is 1.